The number of likely N-dealkylation sites (N-methyl/N-ethyl adjacent to an activating group) is 1. The monoisotopic (exact) mass is 284 g/mol. The van der Waals surface area contributed by atoms with E-state index in [2.05, 4.69) is 15.3 Å². The average Bonchev–Trinajstić information content (AvgIpc) is 2.26. The van der Waals surface area contributed by atoms with Crippen molar-refractivity contribution >= 4 is 23.3 Å². The van der Waals surface area contributed by atoms with Crippen LogP contribution in [0.2, 0.25) is 5.15 Å². The summed E-state index contributed by atoms with van der Waals surface area (Å²) < 4.78 is 0. The van der Waals surface area contributed by atoms with Gasteiger partial charge < -0.3 is 10.2 Å². The van der Waals surface area contributed by atoms with Gasteiger partial charge in [0.2, 0.25) is 5.91 Å². The second-order valence-corrected chi connectivity index (χ2v) is 5.53. The molecule has 1 N–H and O–H groups in total. The van der Waals surface area contributed by atoms with Crippen molar-refractivity contribution in [2.24, 2.45) is 0 Å². The Kier molecular flexibility index (Phi) is 5.54. The Balaban J connectivity index is 2.81. The summed E-state index contributed by atoms with van der Waals surface area (Å²) in [6.07, 6.45) is 0. The Hall–Kier alpha value is -1.36. The van der Waals surface area contributed by atoms with Gasteiger partial charge in [0.1, 0.15) is 16.8 Å². The lowest BCUT2D eigenvalue weighted by Crippen LogP contribution is -2.38. The minimum atomic E-state index is -0.0432. The minimum Gasteiger partial charge on any atom is -0.352 e. The molecule has 0 fully saturated rings. The first-order chi connectivity index (χ1) is 8.79. The number of rotatable bonds is 5. The lowest BCUT2D eigenvalue weighted by Gasteiger charge is -2.19. The van der Waals surface area contributed by atoms with E-state index in [0.29, 0.717) is 16.8 Å². The Morgan fingerprint density at radius 3 is 2.53 bits per heavy atom. The third kappa shape index (κ3) is 5.03. The fourth-order valence-electron chi connectivity index (χ4n) is 1.54. The molecular formula is C13H21ClN4O. The van der Waals surface area contributed by atoms with Crippen molar-refractivity contribution in [1.82, 2.24) is 15.3 Å². The number of hydrogen-bond acceptors (Lipinski definition) is 4. The van der Waals surface area contributed by atoms with Crippen LogP contribution in [-0.4, -0.2) is 35.5 Å². The smallest absolute Gasteiger partial charge is 0.239 e. The number of carbonyl (C=O) groups is 1. The van der Waals surface area contributed by atoms with Gasteiger partial charge in [-0.15, -0.1) is 0 Å². The van der Waals surface area contributed by atoms with Crippen LogP contribution in [0.25, 0.3) is 0 Å². The maximum Gasteiger partial charge on any atom is 0.239 e. The van der Waals surface area contributed by atoms with Crippen molar-refractivity contribution in [3.8, 4) is 0 Å². The van der Waals surface area contributed by atoms with Gasteiger partial charge in [-0.3, -0.25) is 4.79 Å². The van der Waals surface area contributed by atoms with E-state index in [0.717, 1.165) is 0 Å². The summed E-state index contributed by atoms with van der Waals surface area (Å²) in [6.45, 7) is 8.09. The van der Waals surface area contributed by atoms with E-state index in [1.54, 1.807) is 11.0 Å². The van der Waals surface area contributed by atoms with E-state index < -0.39 is 0 Å². The first kappa shape index (κ1) is 15.7. The van der Waals surface area contributed by atoms with Gasteiger partial charge in [-0.1, -0.05) is 25.4 Å². The van der Waals surface area contributed by atoms with Crippen LogP contribution in [0.4, 0.5) is 5.82 Å². The van der Waals surface area contributed by atoms with Crippen LogP contribution in [0.5, 0.6) is 0 Å². The average molecular weight is 285 g/mol. The van der Waals surface area contributed by atoms with Gasteiger partial charge in [0, 0.05) is 25.1 Å². The molecule has 6 heteroatoms. The summed E-state index contributed by atoms with van der Waals surface area (Å²) in [5.74, 6) is 1.48. The van der Waals surface area contributed by atoms with Crippen LogP contribution in [-0.2, 0) is 4.79 Å². The van der Waals surface area contributed by atoms with E-state index in [1.165, 1.54) is 0 Å². The lowest BCUT2D eigenvalue weighted by atomic mass is 10.2. The molecule has 1 heterocycles. The van der Waals surface area contributed by atoms with Gasteiger partial charge in [-0.25, -0.2) is 9.97 Å². The molecule has 1 amide bonds. The Bertz CT molecular complexity index is 448. The lowest BCUT2D eigenvalue weighted by molar-refractivity contribution is -0.120. The Morgan fingerprint density at radius 1 is 1.37 bits per heavy atom. The molecule has 0 saturated carbocycles. The van der Waals surface area contributed by atoms with Gasteiger partial charge >= 0.3 is 0 Å². The van der Waals surface area contributed by atoms with Crippen molar-refractivity contribution in [3.05, 3.63) is 17.0 Å². The highest BCUT2D eigenvalue weighted by Crippen LogP contribution is 2.18. The molecule has 1 rings (SSSR count). The predicted molar refractivity (Wildman–Crippen MR) is 77.7 cm³/mol. The summed E-state index contributed by atoms with van der Waals surface area (Å²) in [7, 11) is 1.81. The number of amides is 1. The Morgan fingerprint density at radius 2 is 2.00 bits per heavy atom. The van der Waals surface area contributed by atoms with E-state index in [9.17, 15) is 4.79 Å². The third-order valence-electron chi connectivity index (χ3n) is 2.44. The second kappa shape index (κ2) is 6.70. The zero-order valence-corrected chi connectivity index (χ0v) is 12.8. The van der Waals surface area contributed by atoms with Crippen LogP contribution in [0.1, 0.15) is 39.4 Å². The summed E-state index contributed by atoms with van der Waals surface area (Å²) in [5, 5.41) is 3.23. The molecule has 19 heavy (non-hydrogen) atoms. The topological polar surface area (TPSA) is 58.1 Å². The van der Waals surface area contributed by atoms with Crippen molar-refractivity contribution in [2.45, 2.75) is 39.7 Å². The van der Waals surface area contributed by atoms with Crippen molar-refractivity contribution < 1.29 is 4.79 Å². The normalized spacial score (nSPS) is 10.9. The fourth-order valence-corrected chi connectivity index (χ4v) is 1.72. The van der Waals surface area contributed by atoms with Gasteiger partial charge in [0.05, 0.1) is 6.54 Å². The number of carbonyl (C=O) groups excluding carboxylic acids is 1. The highest BCUT2D eigenvalue weighted by molar-refractivity contribution is 6.29. The Labute approximate surface area is 119 Å². The first-order valence-corrected chi connectivity index (χ1v) is 6.72. The first-order valence-electron chi connectivity index (χ1n) is 6.34. The molecule has 0 aliphatic rings. The molecule has 0 atom stereocenters. The molecule has 5 nitrogen and oxygen atoms in total. The van der Waals surface area contributed by atoms with Crippen molar-refractivity contribution in [2.75, 3.05) is 18.5 Å². The predicted octanol–water partition coefficient (Wildman–Crippen LogP) is 2.21. The third-order valence-corrected chi connectivity index (χ3v) is 2.63. The maximum atomic E-state index is 11.7. The molecule has 0 radical (unpaired) electrons. The van der Waals surface area contributed by atoms with E-state index >= 15 is 0 Å². The molecule has 0 saturated heterocycles. The summed E-state index contributed by atoms with van der Waals surface area (Å²) in [6, 6.07) is 1.79. The summed E-state index contributed by atoms with van der Waals surface area (Å²) in [5.41, 5.74) is 0. The number of aromatic nitrogens is 2. The van der Waals surface area contributed by atoms with Crippen LogP contribution >= 0.6 is 11.6 Å². The molecule has 0 unspecified atom stereocenters. The van der Waals surface area contributed by atoms with E-state index in [-0.39, 0.29) is 24.4 Å². The fraction of sp³-hybridized carbons (Fsp3) is 0.615. The maximum absolute atomic E-state index is 11.7. The number of halogens is 1. The number of nitrogens with one attached hydrogen (secondary N) is 1. The van der Waals surface area contributed by atoms with Crippen LogP contribution in [0, 0.1) is 0 Å². The van der Waals surface area contributed by atoms with Crippen molar-refractivity contribution in [3.63, 3.8) is 0 Å². The highest BCUT2D eigenvalue weighted by Gasteiger charge is 2.13. The van der Waals surface area contributed by atoms with E-state index in [1.807, 2.05) is 34.7 Å². The van der Waals surface area contributed by atoms with Gasteiger partial charge in [-0.05, 0) is 13.8 Å². The molecule has 1 aromatic heterocycles. The zero-order valence-electron chi connectivity index (χ0n) is 12.1. The molecule has 0 bridgehead atoms. The molecule has 106 valence electrons. The number of hydrogen-bond donors (Lipinski definition) is 1. The zero-order chi connectivity index (χ0) is 14.6. The molecule has 0 spiro atoms. The van der Waals surface area contributed by atoms with Crippen LogP contribution < -0.4 is 10.2 Å². The quantitative estimate of drug-likeness (QED) is 0.842. The standard InChI is InChI=1S/C13H21ClN4O/c1-8(2)13-16-10(14)6-11(17-13)18(5)7-12(19)15-9(3)4/h6,8-9H,7H2,1-5H3,(H,15,19). The number of anilines is 1. The molecule has 0 aliphatic heterocycles. The second-order valence-electron chi connectivity index (χ2n) is 5.14. The van der Waals surface area contributed by atoms with Gasteiger partial charge in [0.25, 0.3) is 0 Å². The largest absolute Gasteiger partial charge is 0.352 e. The highest BCUT2D eigenvalue weighted by atomic mass is 35.5. The molecule has 1 aromatic rings. The van der Waals surface area contributed by atoms with Crippen LogP contribution in [0.15, 0.2) is 6.07 Å². The SMILES string of the molecule is CC(C)NC(=O)CN(C)c1cc(Cl)nc(C(C)C)n1. The van der Waals surface area contributed by atoms with Crippen LogP contribution in [0.3, 0.4) is 0 Å². The summed E-state index contributed by atoms with van der Waals surface area (Å²) in [4.78, 5) is 22.1. The van der Waals surface area contributed by atoms with Gasteiger partial charge in [0.15, 0.2) is 0 Å². The summed E-state index contributed by atoms with van der Waals surface area (Å²) >= 11 is 5.98. The van der Waals surface area contributed by atoms with E-state index in [4.69, 9.17) is 11.6 Å². The molecular weight excluding hydrogens is 264 g/mol. The van der Waals surface area contributed by atoms with Gasteiger partial charge in [-0.2, -0.15) is 0 Å². The van der Waals surface area contributed by atoms with Crippen molar-refractivity contribution in [1.29, 1.82) is 0 Å². The minimum absolute atomic E-state index is 0.0432. The molecule has 0 aliphatic carbocycles. The molecule has 0 aromatic carbocycles. The number of nitrogens with zero attached hydrogens (tertiary/aromatic N) is 3.